The second kappa shape index (κ2) is 7.00. The number of halogens is 3. The van der Waals surface area contributed by atoms with Gasteiger partial charge in [0.15, 0.2) is 0 Å². The zero-order valence-electron chi connectivity index (χ0n) is 13.9. The van der Waals surface area contributed by atoms with Crippen LogP contribution in [0.5, 0.6) is 0 Å². The van der Waals surface area contributed by atoms with Crippen LogP contribution in [0.25, 0.3) is 0 Å². The molecule has 0 saturated carbocycles. The Labute approximate surface area is 142 Å². The molecule has 0 unspecified atom stereocenters. The van der Waals surface area contributed by atoms with Crippen molar-refractivity contribution < 1.29 is 27.5 Å². The average Bonchev–Trinajstić information content (AvgIpc) is 2.82. The molecule has 2 aromatic rings. The number of aromatic amines is 1. The number of rotatable bonds is 4. The number of hydrogen-bond donors (Lipinski definition) is 2. The quantitative estimate of drug-likeness (QED) is 0.813. The summed E-state index contributed by atoms with van der Waals surface area (Å²) in [7, 11) is 0. The second-order valence-electron chi connectivity index (χ2n) is 5.38. The number of H-pyrrole nitrogens is 1. The summed E-state index contributed by atoms with van der Waals surface area (Å²) >= 11 is 0. The summed E-state index contributed by atoms with van der Waals surface area (Å²) in [5, 5.41) is 2.43. The van der Waals surface area contributed by atoms with Gasteiger partial charge < -0.3 is 15.0 Å². The van der Waals surface area contributed by atoms with E-state index < -0.39 is 23.6 Å². The van der Waals surface area contributed by atoms with Gasteiger partial charge in [0.2, 0.25) is 0 Å². The molecular formula is C17H17F3N2O3. The molecule has 0 bridgehead atoms. The fourth-order valence-corrected chi connectivity index (χ4v) is 2.46. The molecule has 0 saturated heterocycles. The highest BCUT2D eigenvalue weighted by Crippen LogP contribution is 2.31. The summed E-state index contributed by atoms with van der Waals surface area (Å²) in [5.74, 6) is -1.21. The van der Waals surface area contributed by atoms with Gasteiger partial charge in [-0.2, -0.15) is 13.2 Å². The van der Waals surface area contributed by atoms with Crippen molar-refractivity contribution in [3.05, 3.63) is 52.3 Å². The van der Waals surface area contributed by atoms with E-state index in [9.17, 15) is 22.8 Å². The highest BCUT2D eigenvalue weighted by Gasteiger charge is 2.30. The summed E-state index contributed by atoms with van der Waals surface area (Å²) in [6.45, 7) is 5.00. The Balaban J connectivity index is 2.29. The van der Waals surface area contributed by atoms with Crippen molar-refractivity contribution in [1.82, 2.24) is 4.98 Å². The van der Waals surface area contributed by atoms with E-state index in [2.05, 4.69) is 10.3 Å². The molecule has 1 aromatic carbocycles. The molecule has 1 heterocycles. The normalized spacial score (nSPS) is 11.3. The predicted octanol–water partition coefficient (Wildman–Crippen LogP) is 4.08. The number of alkyl halides is 3. The van der Waals surface area contributed by atoms with Gasteiger partial charge in [-0.25, -0.2) is 4.79 Å². The maximum Gasteiger partial charge on any atom is 0.416 e. The molecular weight excluding hydrogens is 337 g/mol. The van der Waals surface area contributed by atoms with E-state index in [-0.39, 0.29) is 23.6 Å². The summed E-state index contributed by atoms with van der Waals surface area (Å²) < 4.78 is 43.2. The number of benzene rings is 1. The van der Waals surface area contributed by atoms with Gasteiger partial charge in [-0.15, -0.1) is 0 Å². The monoisotopic (exact) mass is 354 g/mol. The Kier molecular flexibility index (Phi) is 5.20. The minimum atomic E-state index is -4.50. The van der Waals surface area contributed by atoms with Crippen LogP contribution in [0.15, 0.2) is 24.3 Å². The van der Waals surface area contributed by atoms with Gasteiger partial charge in [0.25, 0.3) is 5.91 Å². The lowest BCUT2D eigenvalue weighted by Gasteiger charge is -2.10. The Morgan fingerprint density at radius 2 is 1.92 bits per heavy atom. The summed E-state index contributed by atoms with van der Waals surface area (Å²) in [6.07, 6.45) is -4.50. The number of carbonyl (C=O) groups is 2. The standard InChI is InChI=1S/C17H17F3N2O3/c1-4-25-16(24)14-9(2)13(10(3)21-14)15(23)22-12-7-5-6-11(8-12)17(18,19)20/h5-8,21H,4H2,1-3H3,(H,22,23). The number of esters is 1. The van der Waals surface area contributed by atoms with Crippen LogP contribution in [0.4, 0.5) is 18.9 Å². The minimum absolute atomic E-state index is 0.0116. The van der Waals surface area contributed by atoms with Gasteiger partial charge >= 0.3 is 12.1 Å². The number of nitrogens with one attached hydrogen (secondary N) is 2. The van der Waals surface area contributed by atoms with E-state index >= 15 is 0 Å². The van der Waals surface area contributed by atoms with Crippen molar-refractivity contribution in [3.8, 4) is 0 Å². The lowest BCUT2D eigenvalue weighted by Crippen LogP contribution is -2.15. The average molecular weight is 354 g/mol. The van der Waals surface area contributed by atoms with Crippen LogP contribution in [0.3, 0.4) is 0 Å². The van der Waals surface area contributed by atoms with Crippen LogP contribution in [-0.4, -0.2) is 23.5 Å². The lowest BCUT2D eigenvalue weighted by atomic mass is 10.1. The minimum Gasteiger partial charge on any atom is -0.461 e. The predicted molar refractivity (Wildman–Crippen MR) is 85.6 cm³/mol. The van der Waals surface area contributed by atoms with E-state index in [0.29, 0.717) is 11.3 Å². The number of hydrogen-bond acceptors (Lipinski definition) is 3. The van der Waals surface area contributed by atoms with Gasteiger partial charge in [-0.1, -0.05) is 6.07 Å². The summed E-state index contributed by atoms with van der Waals surface area (Å²) in [5.41, 5.74) is 0.289. The molecule has 1 amide bonds. The zero-order chi connectivity index (χ0) is 18.8. The molecule has 25 heavy (non-hydrogen) atoms. The molecule has 0 radical (unpaired) electrons. The first-order chi connectivity index (χ1) is 11.6. The number of aryl methyl sites for hydroxylation is 1. The summed E-state index contributed by atoms with van der Waals surface area (Å²) in [4.78, 5) is 27.1. The SMILES string of the molecule is CCOC(=O)c1[nH]c(C)c(C(=O)Nc2cccc(C(F)(F)F)c2)c1C. The number of amides is 1. The van der Waals surface area contributed by atoms with E-state index in [1.807, 2.05) is 0 Å². The van der Waals surface area contributed by atoms with Crippen LogP contribution in [0.1, 0.15) is 44.6 Å². The van der Waals surface area contributed by atoms with Crippen LogP contribution in [0, 0.1) is 13.8 Å². The van der Waals surface area contributed by atoms with E-state index in [1.54, 1.807) is 20.8 Å². The fourth-order valence-electron chi connectivity index (χ4n) is 2.46. The van der Waals surface area contributed by atoms with Crippen LogP contribution in [-0.2, 0) is 10.9 Å². The van der Waals surface area contributed by atoms with Crippen LogP contribution in [0.2, 0.25) is 0 Å². The van der Waals surface area contributed by atoms with Crippen molar-refractivity contribution in [2.24, 2.45) is 0 Å². The van der Waals surface area contributed by atoms with Crippen molar-refractivity contribution in [1.29, 1.82) is 0 Å². The van der Waals surface area contributed by atoms with Gasteiger partial charge in [0.1, 0.15) is 5.69 Å². The molecule has 2 rings (SSSR count). The first kappa shape index (κ1) is 18.6. The first-order valence-corrected chi connectivity index (χ1v) is 7.50. The third-order valence-corrected chi connectivity index (χ3v) is 3.59. The smallest absolute Gasteiger partial charge is 0.416 e. The first-order valence-electron chi connectivity index (χ1n) is 7.50. The molecule has 134 valence electrons. The van der Waals surface area contributed by atoms with Crippen LogP contribution >= 0.6 is 0 Å². The number of aromatic nitrogens is 1. The molecule has 8 heteroatoms. The maximum atomic E-state index is 12.8. The van der Waals surface area contributed by atoms with E-state index in [1.165, 1.54) is 12.1 Å². The Hall–Kier alpha value is -2.77. The molecule has 0 aliphatic heterocycles. The van der Waals surface area contributed by atoms with Gasteiger partial charge in [-0.05, 0) is 44.5 Å². The van der Waals surface area contributed by atoms with Gasteiger partial charge in [0, 0.05) is 11.4 Å². The molecule has 0 aliphatic carbocycles. The highest BCUT2D eigenvalue weighted by atomic mass is 19.4. The van der Waals surface area contributed by atoms with Crippen molar-refractivity contribution in [2.75, 3.05) is 11.9 Å². The fraction of sp³-hybridized carbons (Fsp3) is 0.294. The Morgan fingerprint density at radius 3 is 2.52 bits per heavy atom. The highest BCUT2D eigenvalue weighted by molar-refractivity contribution is 6.08. The largest absolute Gasteiger partial charge is 0.461 e. The topological polar surface area (TPSA) is 71.2 Å². The Morgan fingerprint density at radius 1 is 1.24 bits per heavy atom. The van der Waals surface area contributed by atoms with Crippen molar-refractivity contribution in [2.45, 2.75) is 26.9 Å². The Bertz CT molecular complexity index is 810. The van der Waals surface area contributed by atoms with E-state index in [0.717, 1.165) is 12.1 Å². The number of carbonyl (C=O) groups excluding carboxylic acids is 2. The lowest BCUT2D eigenvalue weighted by molar-refractivity contribution is -0.137. The second-order valence-corrected chi connectivity index (χ2v) is 5.38. The third kappa shape index (κ3) is 4.01. The number of ether oxygens (including phenoxy) is 1. The van der Waals surface area contributed by atoms with Gasteiger partial charge in [0.05, 0.1) is 17.7 Å². The molecule has 0 spiro atoms. The van der Waals surface area contributed by atoms with Gasteiger partial charge in [-0.3, -0.25) is 4.79 Å². The molecule has 2 N–H and O–H groups in total. The van der Waals surface area contributed by atoms with Crippen molar-refractivity contribution in [3.63, 3.8) is 0 Å². The van der Waals surface area contributed by atoms with Crippen molar-refractivity contribution >= 4 is 17.6 Å². The molecule has 0 aliphatic rings. The maximum absolute atomic E-state index is 12.8. The third-order valence-electron chi connectivity index (χ3n) is 3.59. The van der Waals surface area contributed by atoms with E-state index in [4.69, 9.17) is 4.74 Å². The summed E-state index contributed by atoms with van der Waals surface area (Å²) in [6, 6.07) is 4.33. The molecule has 0 fully saturated rings. The molecule has 1 aromatic heterocycles. The number of anilines is 1. The molecule has 5 nitrogen and oxygen atoms in total. The zero-order valence-corrected chi connectivity index (χ0v) is 13.9. The van der Waals surface area contributed by atoms with Crippen LogP contribution < -0.4 is 5.32 Å². The molecule has 0 atom stereocenters.